The number of likely N-dealkylation sites (tertiary alicyclic amines) is 1. The van der Waals surface area contributed by atoms with Crippen molar-refractivity contribution < 1.29 is 9.53 Å². The van der Waals surface area contributed by atoms with E-state index in [2.05, 4.69) is 17.1 Å². The highest BCUT2D eigenvalue weighted by Crippen LogP contribution is 2.13. The molecule has 1 saturated heterocycles. The molecular weight excluding hydrogens is 252 g/mol. The molecule has 4 nitrogen and oxygen atoms in total. The maximum atomic E-state index is 12.0. The number of hydrogen-bond acceptors (Lipinski definition) is 3. The van der Waals surface area contributed by atoms with Crippen LogP contribution in [-0.4, -0.2) is 43.6 Å². The van der Waals surface area contributed by atoms with Gasteiger partial charge in [-0.2, -0.15) is 0 Å². The summed E-state index contributed by atoms with van der Waals surface area (Å²) in [7, 11) is 1.64. The lowest BCUT2D eigenvalue weighted by atomic mass is 10.1. The zero-order valence-corrected chi connectivity index (χ0v) is 12.4. The molecule has 0 bridgehead atoms. The first-order valence-corrected chi connectivity index (χ1v) is 7.32. The Morgan fingerprint density at radius 3 is 2.85 bits per heavy atom. The van der Waals surface area contributed by atoms with Gasteiger partial charge < -0.3 is 10.1 Å². The second kappa shape index (κ2) is 7.29. The summed E-state index contributed by atoms with van der Waals surface area (Å²) in [5, 5.41) is 3.02. The summed E-state index contributed by atoms with van der Waals surface area (Å²) < 4.78 is 5.16. The third kappa shape index (κ3) is 4.23. The van der Waals surface area contributed by atoms with Crippen molar-refractivity contribution in [3.05, 3.63) is 29.8 Å². The molecule has 1 aromatic rings. The van der Waals surface area contributed by atoms with Crippen molar-refractivity contribution in [2.45, 2.75) is 32.2 Å². The molecule has 0 saturated carbocycles. The molecule has 110 valence electrons. The van der Waals surface area contributed by atoms with E-state index < -0.39 is 0 Å². The number of carbonyl (C=O) groups is 1. The summed E-state index contributed by atoms with van der Waals surface area (Å²) in [6, 6.07) is 8.08. The molecule has 1 aliphatic heterocycles. The van der Waals surface area contributed by atoms with E-state index in [1.165, 1.54) is 12.8 Å². The highest BCUT2D eigenvalue weighted by Gasteiger charge is 2.18. The Kier molecular flexibility index (Phi) is 5.41. The maximum absolute atomic E-state index is 12.0. The van der Waals surface area contributed by atoms with E-state index in [1.807, 2.05) is 24.3 Å². The van der Waals surface area contributed by atoms with Crippen molar-refractivity contribution in [2.75, 3.05) is 26.7 Å². The standard InChI is InChI=1S/C16H24N2O2/c1-13(18-8-3-4-9-18)12-17-16(19)11-14-6-5-7-15(10-14)20-2/h5-7,10,13H,3-4,8-9,11-12H2,1-2H3,(H,17,19). The molecule has 0 aliphatic carbocycles. The summed E-state index contributed by atoms with van der Waals surface area (Å²) >= 11 is 0. The predicted octanol–water partition coefficient (Wildman–Crippen LogP) is 1.84. The molecule has 1 aliphatic rings. The molecular formula is C16H24N2O2. The van der Waals surface area contributed by atoms with Gasteiger partial charge in [0.2, 0.25) is 5.91 Å². The first-order chi connectivity index (χ1) is 9.69. The quantitative estimate of drug-likeness (QED) is 0.862. The van der Waals surface area contributed by atoms with Crippen LogP contribution >= 0.6 is 0 Å². The molecule has 1 aromatic carbocycles. The van der Waals surface area contributed by atoms with E-state index in [0.29, 0.717) is 12.5 Å². The van der Waals surface area contributed by atoms with Crippen LogP contribution in [0.3, 0.4) is 0 Å². The average molecular weight is 276 g/mol. The van der Waals surface area contributed by atoms with Gasteiger partial charge in [0, 0.05) is 12.6 Å². The normalized spacial score (nSPS) is 16.9. The van der Waals surface area contributed by atoms with Crippen LogP contribution in [0.4, 0.5) is 0 Å². The van der Waals surface area contributed by atoms with Crippen LogP contribution < -0.4 is 10.1 Å². The van der Waals surface area contributed by atoms with Crippen LogP contribution in [0.1, 0.15) is 25.3 Å². The highest BCUT2D eigenvalue weighted by molar-refractivity contribution is 5.78. The highest BCUT2D eigenvalue weighted by atomic mass is 16.5. The molecule has 1 amide bonds. The van der Waals surface area contributed by atoms with Crippen LogP contribution in [0, 0.1) is 0 Å². The minimum absolute atomic E-state index is 0.0734. The zero-order chi connectivity index (χ0) is 14.4. The second-order valence-corrected chi connectivity index (χ2v) is 5.42. The van der Waals surface area contributed by atoms with E-state index in [1.54, 1.807) is 7.11 Å². The van der Waals surface area contributed by atoms with E-state index >= 15 is 0 Å². The number of ether oxygens (including phenoxy) is 1. The van der Waals surface area contributed by atoms with Gasteiger partial charge in [-0.05, 0) is 50.6 Å². The fourth-order valence-corrected chi connectivity index (χ4v) is 2.60. The van der Waals surface area contributed by atoms with Gasteiger partial charge in [0.05, 0.1) is 13.5 Å². The number of carbonyl (C=O) groups excluding carboxylic acids is 1. The van der Waals surface area contributed by atoms with E-state index in [0.717, 1.165) is 30.9 Å². The summed E-state index contributed by atoms with van der Waals surface area (Å²) in [5.41, 5.74) is 0.982. The summed E-state index contributed by atoms with van der Waals surface area (Å²) in [6.07, 6.45) is 2.97. The van der Waals surface area contributed by atoms with Gasteiger partial charge in [-0.25, -0.2) is 0 Å². The van der Waals surface area contributed by atoms with Crippen molar-refractivity contribution in [1.82, 2.24) is 10.2 Å². The number of nitrogens with one attached hydrogen (secondary N) is 1. The predicted molar refractivity (Wildman–Crippen MR) is 80.0 cm³/mol. The van der Waals surface area contributed by atoms with Crippen molar-refractivity contribution in [3.63, 3.8) is 0 Å². The maximum Gasteiger partial charge on any atom is 0.224 e. The fraction of sp³-hybridized carbons (Fsp3) is 0.562. The molecule has 1 unspecified atom stereocenters. The Labute approximate surface area is 121 Å². The minimum Gasteiger partial charge on any atom is -0.497 e. The van der Waals surface area contributed by atoms with Gasteiger partial charge in [0.1, 0.15) is 5.75 Å². The van der Waals surface area contributed by atoms with E-state index in [9.17, 15) is 4.79 Å². The van der Waals surface area contributed by atoms with Crippen molar-refractivity contribution in [1.29, 1.82) is 0 Å². The zero-order valence-electron chi connectivity index (χ0n) is 12.4. The van der Waals surface area contributed by atoms with Crippen LogP contribution in [0.25, 0.3) is 0 Å². The number of amides is 1. The van der Waals surface area contributed by atoms with Gasteiger partial charge >= 0.3 is 0 Å². The van der Waals surface area contributed by atoms with Gasteiger partial charge in [-0.3, -0.25) is 9.69 Å². The second-order valence-electron chi connectivity index (χ2n) is 5.42. The molecule has 2 rings (SSSR count). The molecule has 0 spiro atoms. The molecule has 1 fully saturated rings. The van der Waals surface area contributed by atoms with Crippen LogP contribution in [0.15, 0.2) is 24.3 Å². The Morgan fingerprint density at radius 1 is 1.40 bits per heavy atom. The smallest absolute Gasteiger partial charge is 0.224 e. The number of methoxy groups -OCH3 is 1. The van der Waals surface area contributed by atoms with E-state index in [4.69, 9.17) is 4.74 Å². The topological polar surface area (TPSA) is 41.6 Å². The average Bonchev–Trinajstić information content (AvgIpc) is 2.99. The number of rotatable bonds is 6. The lowest BCUT2D eigenvalue weighted by Crippen LogP contribution is -2.41. The Hall–Kier alpha value is -1.55. The molecule has 1 atom stereocenters. The lowest BCUT2D eigenvalue weighted by molar-refractivity contribution is -0.120. The molecule has 0 radical (unpaired) electrons. The molecule has 1 heterocycles. The van der Waals surface area contributed by atoms with Crippen molar-refractivity contribution in [2.24, 2.45) is 0 Å². The van der Waals surface area contributed by atoms with Gasteiger partial charge in [-0.1, -0.05) is 12.1 Å². The first kappa shape index (κ1) is 14.9. The monoisotopic (exact) mass is 276 g/mol. The molecule has 4 heteroatoms. The Balaban J connectivity index is 1.76. The largest absolute Gasteiger partial charge is 0.497 e. The van der Waals surface area contributed by atoms with Crippen molar-refractivity contribution >= 4 is 5.91 Å². The molecule has 1 N–H and O–H groups in total. The number of hydrogen-bond donors (Lipinski definition) is 1. The third-order valence-electron chi connectivity index (χ3n) is 3.86. The summed E-state index contributed by atoms with van der Waals surface area (Å²) in [6.45, 7) is 5.22. The minimum atomic E-state index is 0.0734. The number of nitrogens with zero attached hydrogens (tertiary/aromatic N) is 1. The summed E-state index contributed by atoms with van der Waals surface area (Å²) in [4.78, 5) is 14.4. The van der Waals surface area contributed by atoms with Gasteiger partial charge in [0.25, 0.3) is 0 Å². The first-order valence-electron chi connectivity index (χ1n) is 7.32. The summed E-state index contributed by atoms with van der Waals surface area (Å²) in [5.74, 6) is 0.866. The SMILES string of the molecule is COc1cccc(CC(=O)NCC(C)N2CCCC2)c1. The van der Waals surface area contributed by atoms with E-state index in [-0.39, 0.29) is 5.91 Å². The molecule has 20 heavy (non-hydrogen) atoms. The fourth-order valence-electron chi connectivity index (χ4n) is 2.60. The Morgan fingerprint density at radius 2 is 2.15 bits per heavy atom. The van der Waals surface area contributed by atoms with Crippen LogP contribution in [-0.2, 0) is 11.2 Å². The Bertz CT molecular complexity index is 442. The van der Waals surface area contributed by atoms with Crippen LogP contribution in [0.2, 0.25) is 0 Å². The van der Waals surface area contributed by atoms with Crippen LogP contribution in [0.5, 0.6) is 5.75 Å². The van der Waals surface area contributed by atoms with Gasteiger partial charge in [0.15, 0.2) is 0 Å². The molecule has 0 aromatic heterocycles. The number of benzene rings is 1. The third-order valence-corrected chi connectivity index (χ3v) is 3.86. The lowest BCUT2D eigenvalue weighted by Gasteiger charge is -2.23. The van der Waals surface area contributed by atoms with Crippen molar-refractivity contribution in [3.8, 4) is 5.75 Å². The van der Waals surface area contributed by atoms with Gasteiger partial charge in [-0.15, -0.1) is 0 Å².